The Labute approximate surface area is 71.5 Å². The fourth-order valence-electron chi connectivity index (χ4n) is 0.750. The molecule has 12 heavy (non-hydrogen) atoms. The van der Waals surface area contributed by atoms with E-state index in [2.05, 4.69) is 4.98 Å². The molecule has 0 fully saturated rings. The average molecular weight is 185 g/mol. The molecule has 0 bridgehead atoms. The predicted molar refractivity (Wildman–Crippen MR) is 44.7 cm³/mol. The number of aromatic nitrogens is 1. The van der Waals surface area contributed by atoms with Gasteiger partial charge >= 0.3 is 0 Å². The lowest BCUT2D eigenvalue weighted by molar-refractivity contribution is 0.594. The largest absolute Gasteiger partial charge is 0.255 e. The molecule has 0 unspecified atom stereocenters. The van der Waals surface area contributed by atoms with Crippen LogP contribution in [-0.4, -0.2) is 13.4 Å². The number of hydrogen-bond donors (Lipinski definition) is 1. The fraction of sp³-hybridized carbons (Fsp3) is 0.143. The van der Waals surface area contributed by atoms with Gasteiger partial charge in [0.15, 0.2) is 5.03 Å². The van der Waals surface area contributed by atoms with Crippen LogP contribution in [0.5, 0.6) is 0 Å². The normalized spacial score (nSPS) is 11.5. The summed E-state index contributed by atoms with van der Waals surface area (Å²) in [6.45, 7) is 1.77. The number of sulfonamides is 1. The van der Waals surface area contributed by atoms with Crippen molar-refractivity contribution < 1.29 is 8.42 Å². The van der Waals surface area contributed by atoms with Crippen molar-refractivity contribution in [1.82, 2.24) is 4.98 Å². The summed E-state index contributed by atoms with van der Waals surface area (Å²) in [6.07, 6.45) is 1.70. The molecule has 0 saturated heterocycles. The van der Waals surface area contributed by atoms with E-state index in [0.717, 1.165) is 0 Å². The third-order valence-corrected chi connectivity index (χ3v) is 2.14. The molecule has 0 aromatic carbocycles. The van der Waals surface area contributed by atoms with Crippen LogP contribution in [0.25, 0.3) is 0 Å². The molecule has 0 aliphatic rings. The third-order valence-electron chi connectivity index (χ3n) is 1.33. The lowest BCUT2D eigenvalue weighted by Crippen LogP contribution is -2.14. The van der Waals surface area contributed by atoms with E-state index in [4.69, 9.17) is 5.14 Å². The number of pyridine rings is 1. The smallest absolute Gasteiger partial charge is 0.240 e. The van der Waals surface area contributed by atoms with Gasteiger partial charge in [0.1, 0.15) is 0 Å². The first kappa shape index (κ1) is 9.15. The van der Waals surface area contributed by atoms with Crippen LogP contribution < -0.4 is 5.14 Å². The molecule has 0 spiro atoms. The van der Waals surface area contributed by atoms with Gasteiger partial charge in [0.25, 0.3) is 10.0 Å². The van der Waals surface area contributed by atoms with Gasteiger partial charge in [-0.3, -0.25) is 0 Å². The molecule has 1 aromatic rings. The average Bonchev–Trinajstić information content (AvgIpc) is 2.03. The molecule has 1 rings (SSSR count). The highest BCUT2D eigenvalue weighted by Gasteiger charge is 2.08. The van der Waals surface area contributed by atoms with Crippen LogP contribution >= 0.6 is 0 Å². The molecule has 2 N–H and O–H groups in total. The molecular formula is C7H9N2O2S. The lowest BCUT2D eigenvalue weighted by Gasteiger charge is -1.98. The van der Waals surface area contributed by atoms with Crippen molar-refractivity contribution in [3.05, 3.63) is 30.3 Å². The molecule has 5 heteroatoms. The van der Waals surface area contributed by atoms with Crippen LogP contribution in [0.1, 0.15) is 12.6 Å². The van der Waals surface area contributed by atoms with Crippen molar-refractivity contribution in [1.29, 1.82) is 0 Å². The molecule has 1 aromatic heterocycles. The number of nitrogens with zero attached hydrogens (tertiary/aromatic N) is 1. The molecule has 1 heterocycles. The Kier molecular flexibility index (Phi) is 2.44. The summed E-state index contributed by atoms with van der Waals surface area (Å²) in [5, 5.41) is 4.78. The zero-order chi connectivity index (χ0) is 9.19. The lowest BCUT2D eigenvalue weighted by atomic mass is 10.3. The zero-order valence-electron chi connectivity index (χ0n) is 6.56. The van der Waals surface area contributed by atoms with E-state index in [1.807, 2.05) is 0 Å². The van der Waals surface area contributed by atoms with Crippen LogP contribution in [0.2, 0.25) is 0 Å². The van der Waals surface area contributed by atoms with Crippen molar-refractivity contribution in [2.75, 3.05) is 0 Å². The van der Waals surface area contributed by atoms with E-state index in [9.17, 15) is 8.42 Å². The van der Waals surface area contributed by atoms with Crippen LogP contribution in [0.4, 0.5) is 0 Å². The van der Waals surface area contributed by atoms with Crippen molar-refractivity contribution in [3.8, 4) is 0 Å². The summed E-state index contributed by atoms with van der Waals surface area (Å²) in [4.78, 5) is 3.79. The Morgan fingerprint density at radius 3 is 2.67 bits per heavy atom. The number of hydrogen-bond acceptors (Lipinski definition) is 3. The van der Waals surface area contributed by atoms with Gasteiger partial charge in [-0.2, -0.15) is 0 Å². The van der Waals surface area contributed by atoms with E-state index < -0.39 is 10.0 Å². The van der Waals surface area contributed by atoms with E-state index in [-0.39, 0.29) is 5.03 Å². The zero-order valence-corrected chi connectivity index (χ0v) is 7.38. The van der Waals surface area contributed by atoms with Gasteiger partial charge in [-0.15, -0.1) is 0 Å². The predicted octanol–water partition coefficient (Wildman–Crippen LogP) is 0.301. The van der Waals surface area contributed by atoms with Crippen LogP contribution in [0.15, 0.2) is 23.2 Å². The standard InChI is InChI=1S/C7H9N2O2S/c1-2-6-4-3-5-7(9-6)12(8,10)11/h2-5H,1H3,(H2,8,10,11). The first-order valence-corrected chi connectivity index (χ1v) is 4.88. The summed E-state index contributed by atoms with van der Waals surface area (Å²) in [5.41, 5.74) is 0.599. The van der Waals surface area contributed by atoms with Gasteiger partial charge in [0.05, 0.1) is 0 Å². The maximum absolute atomic E-state index is 10.8. The van der Waals surface area contributed by atoms with E-state index in [0.29, 0.717) is 5.69 Å². The second-order valence-electron chi connectivity index (χ2n) is 2.23. The quantitative estimate of drug-likeness (QED) is 0.720. The molecule has 65 valence electrons. The highest BCUT2D eigenvalue weighted by molar-refractivity contribution is 7.89. The van der Waals surface area contributed by atoms with Crippen molar-refractivity contribution >= 4 is 10.0 Å². The highest BCUT2D eigenvalue weighted by atomic mass is 32.2. The summed E-state index contributed by atoms with van der Waals surface area (Å²) in [5.74, 6) is 0. The minimum absolute atomic E-state index is 0.0990. The van der Waals surface area contributed by atoms with Crippen molar-refractivity contribution in [2.24, 2.45) is 5.14 Å². The molecular weight excluding hydrogens is 176 g/mol. The number of nitrogens with two attached hydrogens (primary N) is 1. The SMILES string of the molecule is C[CH]c1cccc(S(N)(=O)=O)n1. The summed E-state index contributed by atoms with van der Waals surface area (Å²) in [6, 6.07) is 4.67. The first-order valence-electron chi connectivity index (χ1n) is 3.33. The summed E-state index contributed by atoms with van der Waals surface area (Å²) >= 11 is 0. The van der Waals surface area contributed by atoms with Crippen LogP contribution in [0, 0.1) is 6.42 Å². The van der Waals surface area contributed by atoms with Crippen molar-refractivity contribution in [2.45, 2.75) is 11.9 Å². The summed E-state index contributed by atoms with van der Waals surface area (Å²) in [7, 11) is -3.67. The first-order chi connectivity index (χ1) is 5.54. The van der Waals surface area contributed by atoms with Gasteiger partial charge in [-0.05, 0) is 12.1 Å². The minimum Gasteiger partial charge on any atom is -0.240 e. The Bertz CT molecular complexity index is 373. The Balaban J connectivity index is 3.20. The molecule has 0 aliphatic carbocycles. The Morgan fingerprint density at radius 1 is 1.50 bits per heavy atom. The Hall–Kier alpha value is -0.940. The van der Waals surface area contributed by atoms with E-state index >= 15 is 0 Å². The fourth-order valence-corrected chi connectivity index (χ4v) is 1.25. The van der Waals surface area contributed by atoms with E-state index in [1.54, 1.807) is 25.5 Å². The monoisotopic (exact) mass is 185 g/mol. The molecule has 0 atom stereocenters. The van der Waals surface area contributed by atoms with Crippen LogP contribution in [-0.2, 0) is 10.0 Å². The van der Waals surface area contributed by atoms with Gasteiger partial charge in [-0.25, -0.2) is 18.5 Å². The third kappa shape index (κ3) is 2.02. The molecule has 0 amide bonds. The maximum Gasteiger partial charge on any atom is 0.255 e. The van der Waals surface area contributed by atoms with Gasteiger partial charge < -0.3 is 0 Å². The Morgan fingerprint density at radius 2 is 2.17 bits per heavy atom. The molecule has 1 radical (unpaired) electrons. The molecule has 0 saturated carbocycles. The molecule has 4 nitrogen and oxygen atoms in total. The minimum atomic E-state index is -3.67. The number of primary sulfonamides is 1. The second-order valence-corrected chi connectivity index (χ2v) is 3.74. The second kappa shape index (κ2) is 3.20. The van der Waals surface area contributed by atoms with Crippen LogP contribution in [0.3, 0.4) is 0 Å². The highest BCUT2D eigenvalue weighted by Crippen LogP contribution is 2.05. The topological polar surface area (TPSA) is 73.1 Å². The van der Waals surface area contributed by atoms with Gasteiger partial charge in [0, 0.05) is 12.1 Å². The van der Waals surface area contributed by atoms with E-state index in [1.165, 1.54) is 6.07 Å². The molecule has 0 aliphatic heterocycles. The number of rotatable bonds is 2. The van der Waals surface area contributed by atoms with Gasteiger partial charge in [-0.1, -0.05) is 13.0 Å². The maximum atomic E-state index is 10.8. The van der Waals surface area contributed by atoms with Gasteiger partial charge in [0.2, 0.25) is 0 Å². The summed E-state index contributed by atoms with van der Waals surface area (Å²) < 4.78 is 21.6. The van der Waals surface area contributed by atoms with Crippen molar-refractivity contribution in [3.63, 3.8) is 0 Å².